The highest BCUT2D eigenvalue weighted by Gasteiger charge is 2.41. The van der Waals surface area contributed by atoms with Crippen molar-refractivity contribution in [2.24, 2.45) is 0 Å². The lowest BCUT2D eigenvalue weighted by Gasteiger charge is -2.27. The highest BCUT2D eigenvalue weighted by Crippen LogP contribution is 2.41. The molecule has 2 N–H and O–H groups in total. The van der Waals surface area contributed by atoms with Crippen LogP contribution in [0.25, 0.3) is 0 Å². The van der Waals surface area contributed by atoms with Crippen molar-refractivity contribution in [3.05, 3.63) is 109 Å². The van der Waals surface area contributed by atoms with Crippen LogP contribution in [0, 0.1) is 0 Å². The van der Waals surface area contributed by atoms with Crippen molar-refractivity contribution in [3.8, 4) is 11.5 Å². The zero-order valence-corrected chi connectivity index (χ0v) is 16.9. The maximum atomic E-state index is 5.93. The van der Waals surface area contributed by atoms with Crippen LogP contribution in [0.3, 0.4) is 0 Å². The Morgan fingerprint density at radius 3 is 2.30 bits per heavy atom. The number of aromatic amines is 1. The predicted octanol–water partition coefficient (Wildman–Crippen LogP) is 5.38. The topological polar surface area (TPSA) is 53.2 Å². The molecule has 1 saturated heterocycles. The number of aromatic nitrogens is 2. The number of nitrogens with zero attached hydrogens (tertiary/aromatic N) is 2. The van der Waals surface area contributed by atoms with Crippen LogP contribution in [-0.4, -0.2) is 15.1 Å². The van der Waals surface area contributed by atoms with Crippen LogP contribution < -0.4 is 15.0 Å². The van der Waals surface area contributed by atoms with Gasteiger partial charge in [0.25, 0.3) is 0 Å². The van der Waals surface area contributed by atoms with Gasteiger partial charge in [0.15, 0.2) is 5.11 Å². The molecule has 0 amide bonds. The lowest BCUT2D eigenvalue weighted by Crippen LogP contribution is -2.29. The number of nitrogens with one attached hydrogen (secondary N) is 2. The Balaban J connectivity index is 1.47. The molecule has 0 radical (unpaired) electrons. The standard InChI is InChI=1S/C24H20N4OS/c30-24-27-22(20-9-4-5-15-25-20)23(21-10-6-16-26-21)28(24)17-11-13-19(14-12-17)29-18-7-2-1-3-8-18/h1-16,22-23,26H,(H,27,30)/t22-,23+/m0/s1. The normalized spacial score (nSPS) is 18.3. The zero-order chi connectivity index (χ0) is 20.3. The number of benzene rings is 2. The number of hydrogen-bond acceptors (Lipinski definition) is 3. The number of anilines is 1. The summed E-state index contributed by atoms with van der Waals surface area (Å²) in [6.45, 7) is 0. The van der Waals surface area contributed by atoms with Gasteiger partial charge in [-0.1, -0.05) is 24.3 Å². The molecule has 0 saturated carbocycles. The van der Waals surface area contributed by atoms with E-state index in [1.807, 2.05) is 91.3 Å². The van der Waals surface area contributed by atoms with E-state index in [1.165, 1.54) is 0 Å². The molecule has 1 aliphatic heterocycles. The summed E-state index contributed by atoms with van der Waals surface area (Å²) in [6, 6.07) is 27.7. The van der Waals surface area contributed by atoms with E-state index >= 15 is 0 Å². The highest BCUT2D eigenvalue weighted by atomic mass is 32.1. The van der Waals surface area contributed by atoms with Gasteiger partial charge in [-0.05, 0) is 72.9 Å². The van der Waals surface area contributed by atoms with E-state index in [1.54, 1.807) is 0 Å². The van der Waals surface area contributed by atoms with Gasteiger partial charge in [-0.2, -0.15) is 0 Å². The van der Waals surface area contributed by atoms with Gasteiger partial charge in [0.1, 0.15) is 17.5 Å². The van der Waals surface area contributed by atoms with Crippen molar-refractivity contribution in [3.63, 3.8) is 0 Å². The van der Waals surface area contributed by atoms with E-state index in [9.17, 15) is 0 Å². The summed E-state index contributed by atoms with van der Waals surface area (Å²) < 4.78 is 5.93. The van der Waals surface area contributed by atoms with Crippen molar-refractivity contribution < 1.29 is 4.74 Å². The summed E-state index contributed by atoms with van der Waals surface area (Å²) in [5, 5.41) is 4.12. The van der Waals surface area contributed by atoms with Gasteiger partial charge in [0.2, 0.25) is 0 Å². The van der Waals surface area contributed by atoms with Crippen molar-refractivity contribution in [1.29, 1.82) is 0 Å². The summed E-state index contributed by atoms with van der Waals surface area (Å²) in [7, 11) is 0. The monoisotopic (exact) mass is 412 g/mol. The van der Waals surface area contributed by atoms with Crippen molar-refractivity contribution in [2.75, 3.05) is 4.90 Å². The largest absolute Gasteiger partial charge is 0.457 e. The average molecular weight is 413 g/mol. The van der Waals surface area contributed by atoms with Gasteiger partial charge in [0.05, 0.1) is 11.7 Å². The molecule has 0 unspecified atom stereocenters. The van der Waals surface area contributed by atoms with E-state index < -0.39 is 0 Å². The first kappa shape index (κ1) is 18.4. The summed E-state index contributed by atoms with van der Waals surface area (Å²) in [5.41, 5.74) is 3.01. The molecule has 0 aliphatic carbocycles. The Labute approximate surface area is 180 Å². The first-order chi connectivity index (χ1) is 14.8. The lowest BCUT2D eigenvalue weighted by molar-refractivity contribution is 0.482. The smallest absolute Gasteiger partial charge is 0.174 e. The Morgan fingerprint density at radius 2 is 1.60 bits per heavy atom. The van der Waals surface area contributed by atoms with Gasteiger partial charge >= 0.3 is 0 Å². The van der Waals surface area contributed by atoms with Crippen LogP contribution >= 0.6 is 12.2 Å². The maximum absolute atomic E-state index is 5.93. The van der Waals surface area contributed by atoms with E-state index in [0.717, 1.165) is 28.6 Å². The number of pyridine rings is 1. The van der Waals surface area contributed by atoms with Gasteiger partial charge in [-0.25, -0.2) is 0 Å². The van der Waals surface area contributed by atoms with Crippen LogP contribution in [-0.2, 0) is 0 Å². The first-order valence-electron chi connectivity index (χ1n) is 9.76. The summed E-state index contributed by atoms with van der Waals surface area (Å²) in [6.07, 6.45) is 3.74. The van der Waals surface area contributed by atoms with Crippen molar-refractivity contribution in [1.82, 2.24) is 15.3 Å². The summed E-state index contributed by atoms with van der Waals surface area (Å²) in [4.78, 5) is 10.0. The highest BCUT2D eigenvalue weighted by molar-refractivity contribution is 7.80. The minimum atomic E-state index is -0.0578. The fourth-order valence-electron chi connectivity index (χ4n) is 3.78. The molecule has 30 heavy (non-hydrogen) atoms. The molecule has 0 bridgehead atoms. The predicted molar refractivity (Wildman–Crippen MR) is 122 cm³/mol. The number of hydrogen-bond donors (Lipinski definition) is 2. The molecular formula is C24H20N4OS. The third kappa shape index (κ3) is 3.53. The number of rotatable bonds is 5. The minimum absolute atomic E-state index is 0.0386. The van der Waals surface area contributed by atoms with Crippen LogP contribution in [0.1, 0.15) is 23.5 Å². The van der Waals surface area contributed by atoms with Crippen molar-refractivity contribution >= 4 is 23.0 Å². The van der Waals surface area contributed by atoms with Crippen LogP contribution in [0.2, 0.25) is 0 Å². The quantitative estimate of drug-likeness (QED) is 0.431. The Hall–Kier alpha value is -3.64. The molecule has 4 aromatic rings. The molecule has 5 rings (SSSR count). The lowest BCUT2D eigenvalue weighted by atomic mass is 10.0. The van der Waals surface area contributed by atoms with Gasteiger partial charge < -0.3 is 19.9 Å². The molecule has 6 heteroatoms. The Kier molecular flexibility index (Phi) is 4.91. The van der Waals surface area contributed by atoms with Gasteiger partial charge in [-0.15, -0.1) is 0 Å². The van der Waals surface area contributed by atoms with Gasteiger partial charge in [0, 0.05) is 23.8 Å². The fourth-order valence-corrected chi connectivity index (χ4v) is 4.12. The molecule has 2 atom stereocenters. The van der Waals surface area contributed by atoms with E-state index in [2.05, 4.69) is 26.3 Å². The Bertz CT molecular complexity index is 1120. The fraction of sp³-hybridized carbons (Fsp3) is 0.0833. The molecule has 2 aromatic carbocycles. The molecule has 148 valence electrons. The Morgan fingerprint density at radius 1 is 0.833 bits per heavy atom. The molecule has 2 aromatic heterocycles. The van der Waals surface area contributed by atoms with Crippen LogP contribution in [0.5, 0.6) is 11.5 Å². The molecule has 5 nitrogen and oxygen atoms in total. The maximum Gasteiger partial charge on any atom is 0.174 e. The van der Waals surface area contributed by atoms with Crippen molar-refractivity contribution in [2.45, 2.75) is 12.1 Å². The number of ether oxygens (including phenoxy) is 1. The molecule has 1 fully saturated rings. The third-order valence-corrected chi connectivity index (χ3v) is 5.45. The average Bonchev–Trinajstić information content (AvgIpc) is 3.43. The summed E-state index contributed by atoms with van der Waals surface area (Å²) >= 11 is 5.73. The third-order valence-electron chi connectivity index (χ3n) is 5.13. The van der Waals surface area contributed by atoms with Gasteiger partial charge in [-0.3, -0.25) is 4.98 Å². The molecular weight excluding hydrogens is 392 g/mol. The molecule has 1 aliphatic rings. The second-order valence-electron chi connectivity index (χ2n) is 7.03. The zero-order valence-electron chi connectivity index (χ0n) is 16.1. The molecule has 3 heterocycles. The number of para-hydroxylation sites is 1. The molecule has 0 spiro atoms. The SMILES string of the molecule is S=C1N[C@@H](c2ccccn2)[C@@H](c2ccc[nH]2)N1c1ccc(Oc2ccccc2)cc1. The van der Waals surface area contributed by atoms with Crippen LogP contribution in [0.15, 0.2) is 97.3 Å². The minimum Gasteiger partial charge on any atom is -0.457 e. The number of thiocarbonyl (C=S) groups is 1. The second-order valence-corrected chi connectivity index (χ2v) is 7.42. The van der Waals surface area contributed by atoms with Crippen LogP contribution in [0.4, 0.5) is 5.69 Å². The summed E-state index contributed by atoms with van der Waals surface area (Å²) in [5.74, 6) is 1.59. The van der Waals surface area contributed by atoms with E-state index in [-0.39, 0.29) is 12.1 Å². The van der Waals surface area contributed by atoms with E-state index in [0.29, 0.717) is 5.11 Å². The second kappa shape index (κ2) is 8.00. The van der Waals surface area contributed by atoms with E-state index in [4.69, 9.17) is 17.0 Å². The number of H-pyrrole nitrogens is 1. The first-order valence-corrected chi connectivity index (χ1v) is 10.2.